The van der Waals surface area contributed by atoms with E-state index in [4.69, 9.17) is 0 Å². The van der Waals surface area contributed by atoms with Crippen molar-refractivity contribution < 1.29 is 0 Å². The number of rotatable bonds is 2. The highest BCUT2D eigenvalue weighted by Gasteiger charge is 1.70. The minimum atomic E-state index is 0. The molecular weight excluding hydrogens is 90.1 g/mol. The van der Waals surface area contributed by atoms with Crippen LogP contribution in [0.25, 0.3) is 0 Å². The Morgan fingerprint density at radius 2 is 1.50 bits per heavy atom. The maximum Gasteiger partial charge on any atom is 0.0192 e. The van der Waals surface area contributed by atoms with Gasteiger partial charge < -0.3 is 6.15 Å². The van der Waals surface area contributed by atoms with Crippen LogP contribution in [-0.4, -0.2) is 9.52 Å². The summed E-state index contributed by atoms with van der Waals surface area (Å²) in [6.07, 6.45) is 0. The molecule has 0 saturated heterocycles. The quantitative estimate of drug-likeness (QED) is 0.526. The Balaban J connectivity index is 0. The first-order valence-electron chi connectivity index (χ1n) is 2.41. The zero-order valence-corrected chi connectivity index (χ0v) is 6.24. The molecule has 40 valence electrons. The van der Waals surface area contributed by atoms with E-state index in [1.807, 2.05) is 0 Å². The third kappa shape index (κ3) is 8.90. The Hall–Kier alpha value is 0.177. The molecule has 6 heavy (non-hydrogen) atoms. The molecule has 1 nitrogen and oxygen atoms in total. The van der Waals surface area contributed by atoms with Gasteiger partial charge in [-0.3, -0.25) is 0 Å². The Kier molecular flexibility index (Phi) is 14.2. The Bertz CT molecular complexity index is 15.0. The van der Waals surface area contributed by atoms with E-state index in [1.165, 1.54) is 12.1 Å². The number of hydrogen-bond donors (Lipinski definition) is 1. The second-order valence-corrected chi connectivity index (χ2v) is 4.06. The summed E-state index contributed by atoms with van der Waals surface area (Å²) in [5, 5.41) is 0. The molecule has 0 rings (SSSR count). The fraction of sp³-hybridized carbons (Fsp3) is 1.00. The molecule has 0 amide bonds. The van der Waals surface area contributed by atoms with Crippen LogP contribution in [0.15, 0.2) is 0 Å². The van der Waals surface area contributed by atoms with Gasteiger partial charge in [0.05, 0.1) is 0 Å². The van der Waals surface area contributed by atoms with Crippen molar-refractivity contribution >= 4 is 9.52 Å². The van der Waals surface area contributed by atoms with Gasteiger partial charge in [-0.05, 0) is 0 Å². The lowest BCUT2D eigenvalue weighted by molar-refractivity contribution is 1.36. The third-order valence-corrected chi connectivity index (χ3v) is 2.12. The summed E-state index contributed by atoms with van der Waals surface area (Å²) < 4.78 is 0. The molecule has 0 aliphatic rings. The van der Waals surface area contributed by atoms with Crippen LogP contribution in [-0.2, 0) is 0 Å². The van der Waals surface area contributed by atoms with E-state index in [0.717, 1.165) is 0 Å². The normalized spacial score (nSPS) is 7.00. The number of hydrogen-bond acceptors (Lipinski definition) is 1. The first-order chi connectivity index (χ1) is 2.41. The minimum absolute atomic E-state index is 0. The molecule has 0 aliphatic heterocycles. The summed E-state index contributed by atoms with van der Waals surface area (Å²) >= 11 is 0. The molecule has 0 radical (unpaired) electrons. The van der Waals surface area contributed by atoms with E-state index in [9.17, 15) is 0 Å². The van der Waals surface area contributed by atoms with Crippen molar-refractivity contribution in [2.75, 3.05) is 0 Å². The molecule has 0 unspecified atom stereocenters. The van der Waals surface area contributed by atoms with Crippen LogP contribution in [0.3, 0.4) is 0 Å². The average Bonchev–Trinajstić information content (AvgIpc) is 1.41. The maximum absolute atomic E-state index is 2.27. The van der Waals surface area contributed by atoms with Gasteiger partial charge in [-0.25, -0.2) is 0 Å². The molecule has 0 spiro atoms. The summed E-state index contributed by atoms with van der Waals surface area (Å²) in [7, 11) is 0.432. The zero-order valence-electron chi connectivity index (χ0n) is 4.83. The lowest BCUT2D eigenvalue weighted by Crippen LogP contribution is -1.76. The van der Waals surface area contributed by atoms with Crippen LogP contribution in [0.4, 0.5) is 0 Å². The maximum atomic E-state index is 2.27. The monoisotopic (exact) mass is 105 g/mol. The highest BCUT2D eigenvalue weighted by molar-refractivity contribution is 6.34. The van der Waals surface area contributed by atoms with Crippen molar-refractivity contribution in [3.05, 3.63) is 0 Å². The summed E-state index contributed by atoms with van der Waals surface area (Å²) in [5.74, 6) is 0. The molecule has 0 bridgehead atoms. The summed E-state index contributed by atoms with van der Waals surface area (Å²) in [4.78, 5) is 0. The predicted octanol–water partition coefficient (Wildman–Crippen LogP) is 1.19. The van der Waals surface area contributed by atoms with E-state index in [-0.39, 0.29) is 6.15 Å². The minimum Gasteiger partial charge on any atom is -0.344 e. The fourth-order valence-corrected chi connectivity index (χ4v) is 1.06. The van der Waals surface area contributed by atoms with Crippen molar-refractivity contribution in [2.24, 2.45) is 0 Å². The summed E-state index contributed by atoms with van der Waals surface area (Å²) in [6, 6.07) is 2.97. The van der Waals surface area contributed by atoms with Crippen LogP contribution in [0.2, 0.25) is 12.1 Å². The van der Waals surface area contributed by atoms with E-state index in [0.29, 0.717) is 9.52 Å². The van der Waals surface area contributed by atoms with Gasteiger partial charge in [-0.15, -0.1) is 0 Å². The third-order valence-electron chi connectivity index (χ3n) is 0.707. The first kappa shape index (κ1) is 9.49. The van der Waals surface area contributed by atoms with Gasteiger partial charge in [0, 0.05) is 9.52 Å². The average molecular weight is 105 g/mol. The molecule has 0 saturated carbocycles. The van der Waals surface area contributed by atoms with E-state index in [2.05, 4.69) is 13.8 Å². The molecule has 3 N–H and O–H groups in total. The van der Waals surface area contributed by atoms with E-state index in [1.54, 1.807) is 0 Å². The van der Waals surface area contributed by atoms with E-state index >= 15 is 0 Å². The topological polar surface area (TPSA) is 35.0 Å². The zero-order chi connectivity index (χ0) is 4.12. The smallest absolute Gasteiger partial charge is 0.0192 e. The Morgan fingerprint density at radius 1 is 1.17 bits per heavy atom. The second kappa shape index (κ2) is 8.95. The van der Waals surface area contributed by atoms with Gasteiger partial charge in [0.25, 0.3) is 0 Å². The van der Waals surface area contributed by atoms with Gasteiger partial charge in [0.1, 0.15) is 0 Å². The summed E-state index contributed by atoms with van der Waals surface area (Å²) in [5.41, 5.74) is 0. The highest BCUT2D eigenvalue weighted by Crippen LogP contribution is 1.77. The standard InChI is InChI=1S/C4H12Si.H3N/c1-3-5-4-2;/h3-5H2,1-2H3;1H3. The van der Waals surface area contributed by atoms with Crippen LogP contribution in [0, 0.1) is 0 Å². The van der Waals surface area contributed by atoms with Crippen molar-refractivity contribution in [2.45, 2.75) is 25.9 Å². The Labute approximate surface area is 42.5 Å². The molecule has 0 aromatic heterocycles. The lowest BCUT2D eigenvalue weighted by Gasteiger charge is -1.77. The van der Waals surface area contributed by atoms with Crippen LogP contribution < -0.4 is 6.15 Å². The SMILES string of the molecule is CC[SiH2]CC.N. The van der Waals surface area contributed by atoms with Gasteiger partial charge >= 0.3 is 0 Å². The molecule has 0 aromatic carbocycles. The van der Waals surface area contributed by atoms with Crippen molar-refractivity contribution in [1.29, 1.82) is 0 Å². The molecule has 2 heteroatoms. The van der Waals surface area contributed by atoms with Crippen molar-refractivity contribution in [3.63, 3.8) is 0 Å². The van der Waals surface area contributed by atoms with E-state index < -0.39 is 0 Å². The first-order valence-corrected chi connectivity index (χ1v) is 4.41. The highest BCUT2D eigenvalue weighted by atomic mass is 28.2. The molecule has 0 fully saturated rings. The predicted molar refractivity (Wildman–Crippen MR) is 34.5 cm³/mol. The van der Waals surface area contributed by atoms with Crippen LogP contribution >= 0.6 is 0 Å². The molecule has 0 heterocycles. The molecular formula is C4H15NSi. The van der Waals surface area contributed by atoms with Crippen LogP contribution in [0.5, 0.6) is 0 Å². The lowest BCUT2D eigenvalue weighted by atomic mass is 11.0. The van der Waals surface area contributed by atoms with Crippen molar-refractivity contribution in [3.8, 4) is 0 Å². The van der Waals surface area contributed by atoms with Gasteiger partial charge in [-0.2, -0.15) is 0 Å². The molecule has 0 atom stereocenters. The van der Waals surface area contributed by atoms with Crippen molar-refractivity contribution in [1.82, 2.24) is 6.15 Å². The Morgan fingerprint density at radius 3 is 1.50 bits per heavy atom. The van der Waals surface area contributed by atoms with Gasteiger partial charge in [0.15, 0.2) is 0 Å². The van der Waals surface area contributed by atoms with Crippen LogP contribution in [0.1, 0.15) is 13.8 Å². The largest absolute Gasteiger partial charge is 0.344 e. The summed E-state index contributed by atoms with van der Waals surface area (Å²) in [6.45, 7) is 4.55. The molecule has 0 aromatic rings. The molecule has 0 aliphatic carbocycles. The fourth-order valence-electron chi connectivity index (χ4n) is 0.354. The van der Waals surface area contributed by atoms with Gasteiger partial charge in [-0.1, -0.05) is 25.9 Å². The second-order valence-electron chi connectivity index (χ2n) is 1.35. The van der Waals surface area contributed by atoms with Gasteiger partial charge in [0.2, 0.25) is 0 Å².